The van der Waals surface area contributed by atoms with Crippen molar-refractivity contribution in [2.45, 2.75) is 44.8 Å². The van der Waals surface area contributed by atoms with Gasteiger partial charge in [-0.2, -0.15) is 0 Å². The lowest BCUT2D eigenvalue weighted by Gasteiger charge is -2.37. The summed E-state index contributed by atoms with van der Waals surface area (Å²) in [4.78, 5) is 20.9. The molecule has 6 heteroatoms. The SMILES string of the molecule is O=C1CN(Cc2ccc(OCCn3ccnc3)cc2)CCN1C1CCCC1. The Hall–Kier alpha value is -2.34. The number of amides is 1. The molecule has 0 bridgehead atoms. The quantitative estimate of drug-likeness (QED) is 0.754. The van der Waals surface area contributed by atoms with Crippen LogP contribution in [0.1, 0.15) is 31.2 Å². The minimum absolute atomic E-state index is 0.299. The van der Waals surface area contributed by atoms with Crippen LogP contribution in [0.25, 0.3) is 0 Å². The number of aromatic nitrogens is 2. The lowest BCUT2D eigenvalue weighted by atomic mass is 10.1. The van der Waals surface area contributed by atoms with E-state index < -0.39 is 0 Å². The topological polar surface area (TPSA) is 50.6 Å². The standard InChI is InChI=1S/C21H28N4O2/c26-21-16-24(11-12-25(21)19-3-1-2-4-19)15-18-5-7-20(8-6-18)27-14-13-23-10-9-22-17-23/h5-10,17,19H,1-4,11-16H2. The van der Waals surface area contributed by atoms with E-state index in [1.54, 1.807) is 12.5 Å². The third kappa shape index (κ3) is 4.69. The van der Waals surface area contributed by atoms with Crippen molar-refractivity contribution in [3.63, 3.8) is 0 Å². The van der Waals surface area contributed by atoms with Gasteiger partial charge in [-0.3, -0.25) is 9.69 Å². The lowest BCUT2D eigenvalue weighted by molar-refractivity contribution is -0.138. The molecule has 0 unspecified atom stereocenters. The molecule has 144 valence electrons. The molecule has 2 heterocycles. The van der Waals surface area contributed by atoms with Gasteiger partial charge >= 0.3 is 0 Å². The summed E-state index contributed by atoms with van der Waals surface area (Å²) in [6.45, 7) is 4.60. The van der Waals surface area contributed by atoms with Gasteiger partial charge in [0.2, 0.25) is 5.91 Å². The first kappa shape index (κ1) is 18.0. The van der Waals surface area contributed by atoms with Crippen LogP contribution in [-0.2, 0) is 17.9 Å². The maximum atomic E-state index is 12.5. The van der Waals surface area contributed by atoms with Gasteiger partial charge < -0.3 is 14.2 Å². The Bertz CT molecular complexity index is 723. The number of rotatable bonds is 7. The van der Waals surface area contributed by atoms with Crippen molar-refractivity contribution in [2.75, 3.05) is 26.2 Å². The summed E-state index contributed by atoms with van der Waals surface area (Å²) in [7, 11) is 0. The number of imidazole rings is 1. The number of piperazine rings is 1. The van der Waals surface area contributed by atoms with E-state index in [1.807, 2.05) is 22.9 Å². The highest BCUT2D eigenvalue weighted by atomic mass is 16.5. The molecule has 0 atom stereocenters. The maximum absolute atomic E-state index is 12.5. The van der Waals surface area contributed by atoms with Gasteiger partial charge in [0.1, 0.15) is 12.4 Å². The Labute approximate surface area is 160 Å². The maximum Gasteiger partial charge on any atom is 0.237 e. The van der Waals surface area contributed by atoms with E-state index in [0.717, 1.165) is 31.9 Å². The predicted molar refractivity (Wildman–Crippen MR) is 103 cm³/mol. The first-order valence-electron chi connectivity index (χ1n) is 9.97. The van der Waals surface area contributed by atoms with Crippen molar-refractivity contribution < 1.29 is 9.53 Å². The van der Waals surface area contributed by atoms with Gasteiger partial charge in [-0.15, -0.1) is 0 Å². The number of carbonyl (C=O) groups is 1. The Morgan fingerprint density at radius 3 is 2.63 bits per heavy atom. The van der Waals surface area contributed by atoms with Crippen LogP contribution in [0.15, 0.2) is 43.0 Å². The normalized spacial score (nSPS) is 19.0. The number of hydrogen-bond donors (Lipinski definition) is 0. The first-order valence-corrected chi connectivity index (χ1v) is 9.97. The third-order valence-electron chi connectivity index (χ3n) is 5.61. The molecule has 4 rings (SSSR count). The first-order chi connectivity index (χ1) is 13.3. The van der Waals surface area contributed by atoms with Crippen molar-refractivity contribution in [3.05, 3.63) is 48.5 Å². The molecule has 1 aliphatic heterocycles. The Balaban J connectivity index is 1.23. The van der Waals surface area contributed by atoms with Crippen LogP contribution < -0.4 is 4.74 Å². The van der Waals surface area contributed by atoms with Crippen LogP contribution >= 0.6 is 0 Å². The number of ether oxygens (including phenoxy) is 1. The molecule has 6 nitrogen and oxygen atoms in total. The predicted octanol–water partition coefficient (Wildman–Crippen LogP) is 2.55. The van der Waals surface area contributed by atoms with E-state index in [4.69, 9.17) is 4.74 Å². The molecule has 1 saturated heterocycles. The van der Waals surface area contributed by atoms with E-state index in [1.165, 1.54) is 31.2 Å². The van der Waals surface area contributed by atoms with Crippen LogP contribution in [-0.4, -0.2) is 57.5 Å². The third-order valence-corrected chi connectivity index (χ3v) is 5.61. The summed E-state index contributed by atoms with van der Waals surface area (Å²) in [5, 5.41) is 0. The van der Waals surface area contributed by atoms with Crippen LogP contribution in [0.5, 0.6) is 5.75 Å². The molecule has 1 amide bonds. The van der Waals surface area contributed by atoms with Crippen LogP contribution in [0.2, 0.25) is 0 Å². The van der Waals surface area contributed by atoms with E-state index in [2.05, 4.69) is 26.9 Å². The average Bonchev–Trinajstić information content (AvgIpc) is 3.37. The van der Waals surface area contributed by atoms with Gasteiger partial charge in [0, 0.05) is 38.1 Å². The van der Waals surface area contributed by atoms with E-state index in [-0.39, 0.29) is 0 Å². The summed E-state index contributed by atoms with van der Waals surface area (Å²) in [6, 6.07) is 8.72. The number of hydrogen-bond acceptors (Lipinski definition) is 4. The fourth-order valence-corrected chi connectivity index (χ4v) is 4.11. The summed E-state index contributed by atoms with van der Waals surface area (Å²) < 4.78 is 7.79. The zero-order chi connectivity index (χ0) is 18.5. The molecule has 27 heavy (non-hydrogen) atoms. The Morgan fingerprint density at radius 2 is 1.93 bits per heavy atom. The van der Waals surface area contributed by atoms with Gasteiger partial charge in [0.05, 0.1) is 19.4 Å². The molecule has 0 radical (unpaired) electrons. The minimum atomic E-state index is 0.299. The highest BCUT2D eigenvalue weighted by Crippen LogP contribution is 2.25. The number of benzene rings is 1. The minimum Gasteiger partial charge on any atom is -0.492 e. The monoisotopic (exact) mass is 368 g/mol. The van der Waals surface area contributed by atoms with E-state index in [0.29, 0.717) is 25.1 Å². The molecule has 1 aliphatic carbocycles. The van der Waals surface area contributed by atoms with Crippen molar-refractivity contribution in [1.82, 2.24) is 19.4 Å². The average molecular weight is 368 g/mol. The molecule has 0 spiro atoms. The summed E-state index contributed by atoms with van der Waals surface area (Å²) >= 11 is 0. The molecule has 1 aromatic heterocycles. The number of nitrogens with zero attached hydrogens (tertiary/aromatic N) is 4. The molecule has 2 aliphatic rings. The van der Waals surface area contributed by atoms with Crippen molar-refractivity contribution >= 4 is 5.91 Å². The number of carbonyl (C=O) groups excluding carboxylic acids is 1. The second-order valence-corrected chi connectivity index (χ2v) is 7.53. The molecule has 1 aromatic carbocycles. The second kappa shape index (κ2) is 8.57. The van der Waals surface area contributed by atoms with Crippen LogP contribution in [0.3, 0.4) is 0 Å². The molecule has 2 aromatic rings. The largest absolute Gasteiger partial charge is 0.492 e. The molecular formula is C21H28N4O2. The highest BCUT2D eigenvalue weighted by Gasteiger charge is 2.30. The van der Waals surface area contributed by atoms with Crippen molar-refractivity contribution in [1.29, 1.82) is 0 Å². The van der Waals surface area contributed by atoms with Gasteiger partial charge in [-0.25, -0.2) is 4.98 Å². The van der Waals surface area contributed by atoms with Crippen molar-refractivity contribution in [2.24, 2.45) is 0 Å². The summed E-state index contributed by atoms with van der Waals surface area (Å²) in [5.74, 6) is 1.17. The molecular weight excluding hydrogens is 340 g/mol. The highest BCUT2D eigenvalue weighted by molar-refractivity contribution is 5.79. The lowest BCUT2D eigenvalue weighted by Crippen LogP contribution is -2.53. The fraction of sp³-hybridized carbons (Fsp3) is 0.524. The fourth-order valence-electron chi connectivity index (χ4n) is 4.11. The molecule has 1 saturated carbocycles. The van der Waals surface area contributed by atoms with Gasteiger partial charge in [0.25, 0.3) is 0 Å². The zero-order valence-electron chi connectivity index (χ0n) is 15.8. The Morgan fingerprint density at radius 1 is 1.11 bits per heavy atom. The van der Waals surface area contributed by atoms with Gasteiger partial charge in [-0.1, -0.05) is 25.0 Å². The van der Waals surface area contributed by atoms with Gasteiger partial charge in [-0.05, 0) is 30.5 Å². The smallest absolute Gasteiger partial charge is 0.237 e. The molecule has 2 fully saturated rings. The van der Waals surface area contributed by atoms with Gasteiger partial charge in [0.15, 0.2) is 0 Å². The van der Waals surface area contributed by atoms with E-state index >= 15 is 0 Å². The van der Waals surface area contributed by atoms with Crippen molar-refractivity contribution in [3.8, 4) is 5.75 Å². The van der Waals surface area contributed by atoms with Crippen LogP contribution in [0, 0.1) is 0 Å². The summed E-state index contributed by atoms with van der Waals surface area (Å²) in [6.07, 6.45) is 10.4. The molecule has 0 N–H and O–H groups in total. The second-order valence-electron chi connectivity index (χ2n) is 7.53. The van der Waals surface area contributed by atoms with Crippen LogP contribution in [0.4, 0.5) is 0 Å². The Kier molecular flexibility index (Phi) is 5.72. The summed E-state index contributed by atoms with van der Waals surface area (Å²) in [5.41, 5.74) is 1.22. The zero-order valence-corrected chi connectivity index (χ0v) is 15.8. The van der Waals surface area contributed by atoms with E-state index in [9.17, 15) is 4.79 Å².